The maximum absolute atomic E-state index is 8.24. The molecule has 1 atom stereocenters. The quantitative estimate of drug-likeness (QED) is 0.841. The van der Waals surface area contributed by atoms with Crippen LogP contribution in [-0.2, 0) is 6.37 Å². The van der Waals surface area contributed by atoms with E-state index in [1.807, 2.05) is 0 Å². The first-order chi connectivity index (χ1) is 12.2. The first-order valence-electron chi connectivity index (χ1n) is 10.6. The molecule has 15 heavy (non-hydrogen) atoms. The van der Waals surface area contributed by atoms with Crippen molar-refractivity contribution >= 4 is 0 Å². The molecule has 0 bridgehead atoms. The molecule has 0 fully saturated rings. The molecule has 0 aliphatic carbocycles. The van der Waals surface area contributed by atoms with Crippen LogP contribution in [0.15, 0.2) is 18.2 Å². The summed E-state index contributed by atoms with van der Waals surface area (Å²) in [6.45, 7) is -12.8. The molecule has 1 aliphatic heterocycles. The Labute approximate surface area is 109 Å². The van der Waals surface area contributed by atoms with Crippen molar-refractivity contribution in [2.45, 2.75) is 26.1 Å². The van der Waals surface area contributed by atoms with Gasteiger partial charge in [-0.05, 0) is 37.4 Å². The van der Waals surface area contributed by atoms with Crippen LogP contribution < -0.4 is 14.8 Å². The van der Waals surface area contributed by atoms with Crippen molar-refractivity contribution in [2.75, 3.05) is 13.2 Å². The molecular formula is C12H17NO2. The summed E-state index contributed by atoms with van der Waals surface area (Å²) in [6.07, 6.45) is -3.16. The van der Waals surface area contributed by atoms with Gasteiger partial charge in [0.1, 0.15) is 2.74 Å². The third-order valence-electron chi connectivity index (χ3n) is 1.70. The van der Waals surface area contributed by atoms with Crippen LogP contribution >= 0.6 is 0 Å². The molecule has 0 aromatic heterocycles. The Morgan fingerprint density at radius 3 is 3.47 bits per heavy atom. The molecule has 1 aromatic carbocycles. The highest BCUT2D eigenvalue weighted by Gasteiger charge is 2.13. The fourth-order valence-electron chi connectivity index (χ4n) is 1.10. The number of benzene rings is 1. The summed E-state index contributed by atoms with van der Waals surface area (Å²) in [5, 5.41) is 1.53. The minimum atomic E-state index is -3.50. The molecular weight excluding hydrogens is 190 g/mol. The summed E-state index contributed by atoms with van der Waals surface area (Å²) >= 11 is 0. The second kappa shape index (κ2) is 4.53. The zero-order chi connectivity index (χ0) is 22.0. The molecule has 0 radical (unpaired) electrons. The molecule has 0 saturated heterocycles. The Balaban J connectivity index is 2.55. The van der Waals surface area contributed by atoms with E-state index in [2.05, 4.69) is 0 Å². The predicted octanol–water partition coefficient (Wildman–Crippen LogP) is 1.96. The normalized spacial score (nSPS) is 37.2. The van der Waals surface area contributed by atoms with Crippen LogP contribution in [0.2, 0.25) is 0 Å². The molecule has 82 valence electrons. The Morgan fingerprint density at radius 2 is 2.60 bits per heavy atom. The van der Waals surface area contributed by atoms with Gasteiger partial charge in [0, 0.05) is 21.1 Å². The fraction of sp³-hybridized carbons (Fsp3) is 0.500. The first-order valence-corrected chi connectivity index (χ1v) is 4.05. The van der Waals surface area contributed by atoms with Gasteiger partial charge in [-0.25, -0.2) is 0 Å². The van der Waals surface area contributed by atoms with E-state index in [1.165, 1.54) is 5.32 Å². The molecule has 1 aromatic rings. The standard InChI is InChI=1S/C12H17NO2/c1-3-13-9(2)6-10-4-5-11-12(7-10)15-8-14-11/h4-5,7,9,13H,3,6,8H2,1-2H3/t9-/m1/s1/i1D3,2D3,3D2,6D2,8D2,9D. The van der Waals surface area contributed by atoms with Gasteiger partial charge in [-0.3, -0.25) is 0 Å². The summed E-state index contributed by atoms with van der Waals surface area (Å²) in [5.74, 6) is -0.335. The Morgan fingerprint density at radius 1 is 1.67 bits per heavy atom. The van der Waals surface area contributed by atoms with Crippen molar-refractivity contribution < 1.29 is 27.3 Å². The average molecular weight is 220 g/mol. The van der Waals surface area contributed by atoms with Crippen LogP contribution in [0.5, 0.6) is 11.5 Å². The van der Waals surface area contributed by atoms with E-state index >= 15 is 0 Å². The van der Waals surface area contributed by atoms with Gasteiger partial charge in [0.2, 0.25) is 6.75 Å². The van der Waals surface area contributed by atoms with Gasteiger partial charge in [-0.2, -0.15) is 0 Å². The smallest absolute Gasteiger partial charge is 0.231 e. The minimum Gasteiger partial charge on any atom is -0.454 e. The van der Waals surface area contributed by atoms with E-state index in [0.717, 1.165) is 18.2 Å². The van der Waals surface area contributed by atoms with Crippen molar-refractivity contribution in [1.82, 2.24) is 5.32 Å². The summed E-state index contributed by atoms with van der Waals surface area (Å²) in [7, 11) is 0. The van der Waals surface area contributed by atoms with Crippen molar-refractivity contribution in [2.24, 2.45) is 0 Å². The van der Waals surface area contributed by atoms with Crippen LogP contribution in [0.3, 0.4) is 0 Å². The SMILES string of the molecule is [2H]C1([2H])Oc2ccc(C([2H])([2H])[C@]([2H])(NC([2H])([2H])C([2H])([2H])[2H])C([2H])([2H])[2H])cc2O1. The zero-order valence-electron chi connectivity index (χ0n) is 20.5. The number of hydrogen-bond donors (Lipinski definition) is 1. The van der Waals surface area contributed by atoms with Gasteiger partial charge in [-0.1, -0.05) is 12.9 Å². The zero-order valence-corrected chi connectivity index (χ0v) is 7.55. The van der Waals surface area contributed by atoms with E-state index < -0.39 is 44.9 Å². The second-order valence-electron chi connectivity index (χ2n) is 2.70. The van der Waals surface area contributed by atoms with E-state index in [0.29, 0.717) is 0 Å². The van der Waals surface area contributed by atoms with Crippen molar-refractivity contribution in [3.05, 3.63) is 23.8 Å². The highest BCUT2D eigenvalue weighted by molar-refractivity contribution is 5.44. The maximum Gasteiger partial charge on any atom is 0.231 e. The molecule has 3 nitrogen and oxygen atoms in total. The van der Waals surface area contributed by atoms with Gasteiger partial charge in [-0.15, -0.1) is 0 Å². The van der Waals surface area contributed by atoms with E-state index in [-0.39, 0.29) is 11.5 Å². The van der Waals surface area contributed by atoms with Crippen molar-refractivity contribution in [3.8, 4) is 11.5 Å². The van der Waals surface area contributed by atoms with Crippen LogP contribution in [0, 0.1) is 0 Å². The summed E-state index contributed by atoms with van der Waals surface area (Å²) in [4.78, 5) is 0. The Bertz CT molecular complexity index is 757. The van der Waals surface area contributed by atoms with E-state index in [4.69, 9.17) is 27.3 Å². The third-order valence-corrected chi connectivity index (χ3v) is 1.70. The van der Waals surface area contributed by atoms with E-state index in [9.17, 15) is 0 Å². The molecule has 2 rings (SSSR count). The summed E-state index contributed by atoms with van der Waals surface area (Å²) in [5.41, 5.74) is -0.479. The molecule has 1 heterocycles. The van der Waals surface area contributed by atoms with Crippen molar-refractivity contribution in [1.29, 1.82) is 0 Å². The fourth-order valence-corrected chi connectivity index (χ4v) is 1.10. The van der Waals surface area contributed by atoms with Crippen LogP contribution in [-0.4, -0.2) is 19.3 Å². The van der Waals surface area contributed by atoms with Gasteiger partial charge in [0.15, 0.2) is 11.5 Å². The number of rotatable bonds is 4. The van der Waals surface area contributed by atoms with E-state index in [1.54, 1.807) is 0 Å². The molecule has 0 saturated carbocycles. The maximum atomic E-state index is 8.24. The Kier molecular flexibility index (Phi) is 0.881. The molecule has 1 aliphatic rings. The highest BCUT2D eigenvalue weighted by Crippen LogP contribution is 2.32. The average Bonchev–Trinajstić information content (AvgIpc) is 2.76. The molecule has 0 amide bonds. The lowest BCUT2D eigenvalue weighted by Gasteiger charge is -2.12. The second-order valence-corrected chi connectivity index (χ2v) is 2.70. The van der Waals surface area contributed by atoms with Crippen LogP contribution in [0.1, 0.15) is 37.1 Å². The predicted molar refractivity (Wildman–Crippen MR) is 59.4 cm³/mol. The molecule has 0 spiro atoms. The van der Waals surface area contributed by atoms with Crippen LogP contribution in [0.4, 0.5) is 0 Å². The highest BCUT2D eigenvalue weighted by atomic mass is 16.7. The molecule has 3 heteroatoms. The van der Waals surface area contributed by atoms with Crippen LogP contribution in [0.25, 0.3) is 0 Å². The number of likely N-dealkylation sites (N-methyl/N-ethyl adjacent to an activating group) is 1. The number of hydrogen-bond acceptors (Lipinski definition) is 3. The number of nitrogens with one attached hydrogen (secondary N) is 1. The molecule has 1 N–H and O–H groups in total. The Hall–Kier alpha value is -1.22. The lowest BCUT2D eigenvalue weighted by Crippen LogP contribution is -2.27. The third kappa shape index (κ3) is 2.42. The van der Waals surface area contributed by atoms with Gasteiger partial charge >= 0.3 is 0 Å². The van der Waals surface area contributed by atoms with Crippen molar-refractivity contribution in [3.63, 3.8) is 0 Å². The lowest BCUT2D eigenvalue weighted by molar-refractivity contribution is 0.174. The van der Waals surface area contributed by atoms with Gasteiger partial charge in [0.25, 0.3) is 0 Å². The monoisotopic (exact) mass is 220 g/mol. The number of fused-ring (bicyclic) bond motifs is 1. The molecule has 0 unspecified atom stereocenters. The largest absolute Gasteiger partial charge is 0.454 e. The topological polar surface area (TPSA) is 30.5 Å². The number of ether oxygens (including phenoxy) is 2. The first kappa shape index (κ1) is 2.92. The summed E-state index contributed by atoms with van der Waals surface area (Å²) in [6, 6.07) is -0.386. The lowest BCUT2D eigenvalue weighted by atomic mass is 10.1. The van der Waals surface area contributed by atoms with Gasteiger partial charge < -0.3 is 14.8 Å². The van der Waals surface area contributed by atoms with Gasteiger partial charge in [0.05, 0.1) is 0 Å². The summed E-state index contributed by atoms with van der Waals surface area (Å²) < 4.78 is 109. The minimum absolute atomic E-state index is 0.0835.